The third-order valence-corrected chi connectivity index (χ3v) is 2.30. The van der Waals surface area contributed by atoms with Crippen molar-refractivity contribution >= 4 is 5.91 Å². The van der Waals surface area contributed by atoms with Crippen LogP contribution >= 0.6 is 0 Å². The van der Waals surface area contributed by atoms with E-state index in [1.54, 1.807) is 12.5 Å². The molecule has 0 fully saturated rings. The molecular weight excluding hydrogens is 192 g/mol. The topological polar surface area (TPSA) is 45.5 Å². The highest BCUT2D eigenvalue weighted by molar-refractivity contribution is 5.78. The summed E-state index contributed by atoms with van der Waals surface area (Å²) >= 11 is 0. The molecule has 0 aliphatic carbocycles. The van der Waals surface area contributed by atoms with E-state index in [9.17, 15) is 4.79 Å². The molecular formula is C11H18N2O2. The van der Waals surface area contributed by atoms with Crippen LogP contribution in [0.5, 0.6) is 0 Å². The lowest BCUT2D eigenvalue weighted by Gasteiger charge is -2.18. The molecule has 0 bridgehead atoms. The van der Waals surface area contributed by atoms with Crippen molar-refractivity contribution in [2.75, 3.05) is 19.6 Å². The van der Waals surface area contributed by atoms with Crippen molar-refractivity contribution in [1.82, 2.24) is 10.2 Å². The third-order valence-electron chi connectivity index (χ3n) is 2.30. The quantitative estimate of drug-likeness (QED) is 0.768. The van der Waals surface area contributed by atoms with Crippen LogP contribution in [-0.4, -0.2) is 30.4 Å². The zero-order chi connectivity index (χ0) is 11.1. The number of nitrogens with zero attached hydrogens (tertiary/aromatic N) is 1. The highest BCUT2D eigenvalue weighted by atomic mass is 16.3. The van der Waals surface area contributed by atoms with E-state index in [0.29, 0.717) is 13.1 Å². The fourth-order valence-corrected chi connectivity index (χ4v) is 1.40. The van der Waals surface area contributed by atoms with E-state index in [0.717, 1.165) is 18.7 Å². The van der Waals surface area contributed by atoms with E-state index in [2.05, 4.69) is 5.32 Å². The monoisotopic (exact) mass is 210 g/mol. The van der Waals surface area contributed by atoms with Gasteiger partial charge in [0.15, 0.2) is 0 Å². The SMILES string of the molecule is CCN(CC)C(=O)CNCc1ccoc1. The molecule has 0 saturated carbocycles. The molecule has 0 saturated heterocycles. The molecule has 1 amide bonds. The lowest BCUT2D eigenvalue weighted by atomic mass is 10.3. The zero-order valence-corrected chi connectivity index (χ0v) is 9.32. The Morgan fingerprint density at radius 3 is 2.73 bits per heavy atom. The van der Waals surface area contributed by atoms with Gasteiger partial charge in [0.2, 0.25) is 5.91 Å². The van der Waals surface area contributed by atoms with Crippen molar-refractivity contribution < 1.29 is 9.21 Å². The molecule has 0 radical (unpaired) electrons. The van der Waals surface area contributed by atoms with E-state index >= 15 is 0 Å². The predicted octanol–water partition coefficient (Wildman–Crippen LogP) is 1.24. The molecule has 1 aromatic heterocycles. The first-order valence-electron chi connectivity index (χ1n) is 5.27. The number of rotatable bonds is 6. The molecule has 0 unspecified atom stereocenters. The molecule has 4 heteroatoms. The minimum absolute atomic E-state index is 0.142. The molecule has 15 heavy (non-hydrogen) atoms. The van der Waals surface area contributed by atoms with Crippen LogP contribution in [0.2, 0.25) is 0 Å². The summed E-state index contributed by atoms with van der Waals surface area (Å²) in [5.41, 5.74) is 1.06. The number of hydrogen-bond acceptors (Lipinski definition) is 3. The van der Waals surface area contributed by atoms with Crippen molar-refractivity contribution in [1.29, 1.82) is 0 Å². The summed E-state index contributed by atoms with van der Waals surface area (Å²) < 4.78 is 4.93. The average molecular weight is 210 g/mol. The first-order chi connectivity index (χ1) is 7.27. The van der Waals surface area contributed by atoms with Gasteiger partial charge in [-0.05, 0) is 19.9 Å². The van der Waals surface area contributed by atoms with Gasteiger partial charge in [-0.2, -0.15) is 0 Å². The lowest BCUT2D eigenvalue weighted by Crippen LogP contribution is -2.37. The second kappa shape index (κ2) is 6.24. The first-order valence-corrected chi connectivity index (χ1v) is 5.27. The Morgan fingerprint density at radius 2 is 2.20 bits per heavy atom. The summed E-state index contributed by atoms with van der Waals surface area (Å²) in [6, 6.07) is 1.88. The summed E-state index contributed by atoms with van der Waals surface area (Å²) in [7, 11) is 0. The molecule has 0 aliphatic rings. The summed E-state index contributed by atoms with van der Waals surface area (Å²) in [4.78, 5) is 13.4. The van der Waals surface area contributed by atoms with Crippen LogP contribution in [-0.2, 0) is 11.3 Å². The van der Waals surface area contributed by atoms with Gasteiger partial charge in [0.05, 0.1) is 19.1 Å². The van der Waals surface area contributed by atoms with E-state index < -0.39 is 0 Å². The van der Waals surface area contributed by atoms with E-state index in [4.69, 9.17) is 4.42 Å². The van der Waals surface area contributed by atoms with Crippen LogP contribution in [0, 0.1) is 0 Å². The lowest BCUT2D eigenvalue weighted by molar-refractivity contribution is -0.129. The summed E-state index contributed by atoms with van der Waals surface area (Å²) in [6.07, 6.45) is 3.30. The molecule has 0 aliphatic heterocycles. The molecule has 0 aromatic carbocycles. The van der Waals surface area contributed by atoms with E-state index in [1.165, 1.54) is 0 Å². The van der Waals surface area contributed by atoms with Gasteiger partial charge in [-0.3, -0.25) is 4.79 Å². The molecule has 4 nitrogen and oxygen atoms in total. The summed E-state index contributed by atoms with van der Waals surface area (Å²) in [5.74, 6) is 0.142. The Balaban J connectivity index is 2.22. The maximum atomic E-state index is 11.6. The van der Waals surface area contributed by atoms with Crippen molar-refractivity contribution in [2.45, 2.75) is 20.4 Å². The second-order valence-electron chi connectivity index (χ2n) is 3.30. The minimum atomic E-state index is 0.142. The van der Waals surface area contributed by atoms with Gasteiger partial charge in [-0.1, -0.05) is 0 Å². The van der Waals surface area contributed by atoms with Crippen LogP contribution in [0.25, 0.3) is 0 Å². The van der Waals surface area contributed by atoms with Crippen molar-refractivity contribution in [2.24, 2.45) is 0 Å². The Bertz CT molecular complexity index is 279. The van der Waals surface area contributed by atoms with Crippen molar-refractivity contribution in [3.05, 3.63) is 24.2 Å². The molecule has 84 valence electrons. The molecule has 0 spiro atoms. The maximum absolute atomic E-state index is 11.6. The van der Waals surface area contributed by atoms with Gasteiger partial charge in [0.25, 0.3) is 0 Å². The van der Waals surface area contributed by atoms with E-state index in [1.807, 2.05) is 24.8 Å². The largest absolute Gasteiger partial charge is 0.472 e. The first kappa shape index (κ1) is 11.8. The van der Waals surface area contributed by atoms with Crippen LogP contribution in [0.4, 0.5) is 0 Å². The number of carbonyl (C=O) groups excluding carboxylic acids is 1. The third kappa shape index (κ3) is 3.75. The highest BCUT2D eigenvalue weighted by Gasteiger charge is 2.08. The second-order valence-corrected chi connectivity index (χ2v) is 3.30. The van der Waals surface area contributed by atoms with Crippen LogP contribution in [0.1, 0.15) is 19.4 Å². The molecule has 1 rings (SSSR count). The standard InChI is InChI=1S/C11H18N2O2/c1-3-13(4-2)11(14)8-12-7-10-5-6-15-9-10/h5-6,9,12H,3-4,7-8H2,1-2H3. The number of hydrogen-bond donors (Lipinski definition) is 1. The van der Waals surface area contributed by atoms with Gasteiger partial charge in [-0.25, -0.2) is 0 Å². The Labute approximate surface area is 90.3 Å². The van der Waals surface area contributed by atoms with Crippen LogP contribution in [0.15, 0.2) is 23.0 Å². The van der Waals surface area contributed by atoms with Gasteiger partial charge < -0.3 is 14.6 Å². The van der Waals surface area contributed by atoms with Gasteiger partial charge in [-0.15, -0.1) is 0 Å². The Kier molecular flexibility index (Phi) is 4.90. The molecule has 1 heterocycles. The number of carbonyl (C=O) groups is 1. The average Bonchev–Trinajstić information content (AvgIpc) is 2.72. The molecule has 1 N–H and O–H groups in total. The highest BCUT2D eigenvalue weighted by Crippen LogP contribution is 1.98. The fourth-order valence-electron chi connectivity index (χ4n) is 1.40. The Hall–Kier alpha value is -1.29. The normalized spacial score (nSPS) is 10.3. The van der Waals surface area contributed by atoms with Crippen molar-refractivity contribution in [3.63, 3.8) is 0 Å². The number of likely N-dealkylation sites (N-methyl/N-ethyl adjacent to an activating group) is 1. The van der Waals surface area contributed by atoms with Crippen LogP contribution < -0.4 is 5.32 Å². The summed E-state index contributed by atoms with van der Waals surface area (Å²) in [6.45, 7) is 6.55. The van der Waals surface area contributed by atoms with Gasteiger partial charge in [0, 0.05) is 25.2 Å². The maximum Gasteiger partial charge on any atom is 0.236 e. The summed E-state index contributed by atoms with van der Waals surface area (Å²) in [5, 5.41) is 3.09. The van der Waals surface area contributed by atoms with Gasteiger partial charge >= 0.3 is 0 Å². The van der Waals surface area contributed by atoms with E-state index in [-0.39, 0.29) is 5.91 Å². The molecule has 1 aromatic rings. The van der Waals surface area contributed by atoms with Gasteiger partial charge in [0.1, 0.15) is 0 Å². The fraction of sp³-hybridized carbons (Fsp3) is 0.545. The predicted molar refractivity (Wildman–Crippen MR) is 58.3 cm³/mol. The zero-order valence-electron chi connectivity index (χ0n) is 9.32. The smallest absolute Gasteiger partial charge is 0.236 e. The minimum Gasteiger partial charge on any atom is -0.472 e. The Morgan fingerprint density at radius 1 is 1.47 bits per heavy atom. The molecule has 0 atom stereocenters. The number of furan rings is 1. The number of amides is 1. The van der Waals surface area contributed by atoms with Crippen LogP contribution in [0.3, 0.4) is 0 Å². The number of nitrogens with one attached hydrogen (secondary N) is 1. The van der Waals surface area contributed by atoms with Crippen molar-refractivity contribution in [3.8, 4) is 0 Å².